The van der Waals surface area contributed by atoms with Crippen LogP contribution in [-0.2, 0) is 4.79 Å². The van der Waals surface area contributed by atoms with Crippen molar-refractivity contribution < 1.29 is 19.4 Å². The number of thiophene rings is 1. The fourth-order valence-corrected chi connectivity index (χ4v) is 3.13. The van der Waals surface area contributed by atoms with E-state index >= 15 is 0 Å². The van der Waals surface area contributed by atoms with Crippen LogP contribution in [0.15, 0.2) is 29.6 Å². The minimum Gasteiger partial charge on any atom is -0.493 e. The molecule has 0 saturated carbocycles. The molecular weight excluding hydrogens is 348 g/mol. The summed E-state index contributed by atoms with van der Waals surface area (Å²) in [5.41, 5.74) is 0.855. The number of carboxylic acid groups (broad SMARTS) is 1. The predicted molar refractivity (Wildman–Crippen MR) is 98.2 cm³/mol. The monoisotopic (exact) mass is 366 g/mol. The molecule has 0 bridgehead atoms. The van der Waals surface area contributed by atoms with Gasteiger partial charge in [0, 0.05) is 4.88 Å². The normalized spacial score (nSPS) is 11.4. The Morgan fingerprint density at radius 3 is 2.79 bits per heavy atom. The van der Waals surface area contributed by atoms with Gasteiger partial charge in [0.05, 0.1) is 24.3 Å². The lowest BCUT2D eigenvalue weighted by Crippen LogP contribution is -2.01. The van der Waals surface area contributed by atoms with E-state index in [1.165, 1.54) is 18.4 Å². The third-order valence-corrected chi connectivity index (χ3v) is 4.51. The van der Waals surface area contributed by atoms with Crippen molar-refractivity contribution >= 4 is 40.6 Å². The third kappa shape index (κ3) is 4.52. The predicted octanol–water partition coefficient (Wildman–Crippen LogP) is 5.21. The first-order valence-electron chi connectivity index (χ1n) is 7.56. The first kappa shape index (κ1) is 18.4. The van der Waals surface area contributed by atoms with Crippen molar-refractivity contribution in [3.63, 3.8) is 0 Å². The van der Waals surface area contributed by atoms with E-state index in [9.17, 15) is 9.90 Å². The Kier molecular flexibility index (Phi) is 6.70. The van der Waals surface area contributed by atoms with Crippen molar-refractivity contribution in [3.8, 4) is 11.5 Å². The lowest BCUT2D eigenvalue weighted by Gasteiger charge is -2.13. The number of halogens is 1. The van der Waals surface area contributed by atoms with Crippen LogP contribution >= 0.6 is 22.9 Å². The van der Waals surface area contributed by atoms with Gasteiger partial charge in [-0.05, 0) is 41.6 Å². The van der Waals surface area contributed by atoms with Gasteiger partial charge >= 0.3 is 5.97 Å². The molecule has 0 amide bonds. The van der Waals surface area contributed by atoms with E-state index in [2.05, 4.69) is 6.92 Å². The zero-order chi connectivity index (χ0) is 17.5. The molecule has 0 unspecified atom stereocenters. The average molecular weight is 367 g/mol. The van der Waals surface area contributed by atoms with Gasteiger partial charge in [-0.25, -0.2) is 4.79 Å². The fraction of sp³-hybridized carbons (Fsp3) is 0.278. The maximum atomic E-state index is 11.5. The summed E-state index contributed by atoms with van der Waals surface area (Å²) in [5, 5.41) is 11.7. The van der Waals surface area contributed by atoms with Gasteiger partial charge in [-0.15, -0.1) is 11.3 Å². The first-order chi connectivity index (χ1) is 11.6. The highest BCUT2D eigenvalue weighted by molar-refractivity contribution is 7.11. The molecule has 1 aromatic carbocycles. The summed E-state index contributed by atoms with van der Waals surface area (Å²) in [6.45, 7) is 2.63. The summed E-state index contributed by atoms with van der Waals surface area (Å²) >= 11 is 7.67. The molecule has 0 atom stereocenters. The van der Waals surface area contributed by atoms with Crippen LogP contribution < -0.4 is 9.47 Å². The van der Waals surface area contributed by atoms with Gasteiger partial charge in [-0.3, -0.25) is 0 Å². The molecule has 1 aromatic heterocycles. The highest BCUT2D eigenvalue weighted by Gasteiger charge is 2.15. The molecule has 2 aromatic rings. The molecule has 4 nitrogen and oxygen atoms in total. The van der Waals surface area contributed by atoms with E-state index in [0.717, 1.165) is 12.8 Å². The Morgan fingerprint density at radius 1 is 1.42 bits per heavy atom. The minimum absolute atomic E-state index is 0.211. The Hall–Kier alpha value is -1.98. The standard InChI is InChI=1S/C18H19ClO4S/c1-3-4-7-23-17-14(19)10-12(11-15(17)22-2)9-13(18(20)21)16-6-5-8-24-16/h5-6,8-11H,3-4,7H2,1-2H3,(H,20,21)/b13-9-. The molecule has 0 aliphatic rings. The lowest BCUT2D eigenvalue weighted by atomic mass is 10.1. The molecule has 6 heteroatoms. The second-order valence-corrected chi connectivity index (χ2v) is 6.43. The molecule has 0 spiro atoms. The van der Waals surface area contributed by atoms with Crippen molar-refractivity contribution in [1.29, 1.82) is 0 Å². The number of ether oxygens (including phenoxy) is 2. The SMILES string of the molecule is CCCCOc1c(Cl)cc(/C=C(\C(=O)O)c2cccs2)cc1OC. The number of carbonyl (C=O) groups is 1. The molecule has 0 radical (unpaired) electrons. The average Bonchev–Trinajstić information content (AvgIpc) is 3.08. The number of hydrogen-bond acceptors (Lipinski definition) is 4. The number of methoxy groups -OCH3 is 1. The van der Waals surface area contributed by atoms with E-state index in [1.54, 1.807) is 24.3 Å². The van der Waals surface area contributed by atoms with Gasteiger partial charge in [0.1, 0.15) is 0 Å². The highest BCUT2D eigenvalue weighted by Crippen LogP contribution is 2.37. The molecule has 1 heterocycles. The number of rotatable bonds is 8. The topological polar surface area (TPSA) is 55.8 Å². The van der Waals surface area contributed by atoms with Crippen LogP contribution in [0.2, 0.25) is 5.02 Å². The maximum Gasteiger partial charge on any atom is 0.337 e. The van der Waals surface area contributed by atoms with Gasteiger partial charge in [0.15, 0.2) is 11.5 Å². The molecule has 24 heavy (non-hydrogen) atoms. The van der Waals surface area contributed by atoms with Gasteiger partial charge < -0.3 is 14.6 Å². The van der Waals surface area contributed by atoms with Crippen LogP contribution in [-0.4, -0.2) is 24.8 Å². The molecule has 0 saturated heterocycles. The quantitative estimate of drug-likeness (QED) is 0.514. The number of hydrogen-bond donors (Lipinski definition) is 1. The summed E-state index contributed by atoms with van der Waals surface area (Å²) in [7, 11) is 1.53. The molecule has 2 rings (SSSR count). The second-order valence-electron chi connectivity index (χ2n) is 5.08. The molecular formula is C18H19ClO4S. The van der Waals surface area contributed by atoms with Gasteiger partial charge in [-0.1, -0.05) is 31.0 Å². The second kappa shape index (κ2) is 8.76. The summed E-state index contributed by atoms with van der Waals surface area (Å²) in [6, 6.07) is 6.99. The highest BCUT2D eigenvalue weighted by atomic mass is 35.5. The summed E-state index contributed by atoms with van der Waals surface area (Å²) in [4.78, 5) is 12.2. The van der Waals surface area contributed by atoms with E-state index in [1.807, 2.05) is 11.4 Å². The van der Waals surface area contributed by atoms with Crippen molar-refractivity contribution in [2.75, 3.05) is 13.7 Å². The van der Waals surface area contributed by atoms with E-state index < -0.39 is 5.97 Å². The number of carboxylic acids is 1. The van der Waals surface area contributed by atoms with Crippen LogP contribution in [0.5, 0.6) is 11.5 Å². The Balaban J connectivity index is 2.38. The lowest BCUT2D eigenvalue weighted by molar-refractivity contribution is -0.130. The maximum absolute atomic E-state index is 11.5. The van der Waals surface area contributed by atoms with Gasteiger partial charge in [0.2, 0.25) is 0 Å². The Morgan fingerprint density at radius 2 is 2.21 bits per heavy atom. The van der Waals surface area contributed by atoms with E-state index in [0.29, 0.717) is 33.6 Å². The number of benzene rings is 1. The molecule has 128 valence electrons. The Labute approximate surface area is 150 Å². The van der Waals surface area contributed by atoms with Crippen LogP contribution in [0.25, 0.3) is 11.6 Å². The van der Waals surface area contributed by atoms with Gasteiger partial charge in [0.25, 0.3) is 0 Å². The summed E-state index contributed by atoms with van der Waals surface area (Å²) in [5.74, 6) is -0.0191. The van der Waals surface area contributed by atoms with Crippen LogP contribution in [0.3, 0.4) is 0 Å². The van der Waals surface area contributed by atoms with Crippen molar-refractivity contribution in [3.05, 3.63) is 45.1 Å². The zero-order valence-electron chi connectivity index (χ0n) is 13.5. The fourth-order valence-electron chi connectivity index (χ4n) is 2.12. The molecule has 1 N–H and O–H groups in total. The number of aliphatic carboxylic acids is 1. The summed E-state index contributed by atoms with van der Waals surface area (Å²) in [6.07, 6.45) is 3.52. The van der Waals surface area contributed by atoms with E-state index in [4.69, 9.17) is 21.1 Å². The Bertz CT molecular complexity index is 723. The van der Waals surface area contributed by atoms with Crippen LogP contribution in [0.4, 0.5) is 0 Å². The van der Waals surface area contributed by atoms with Crippen molar-refractivity contribution in [1.82, 2.24) is 0 Å². The van der Waals surface area contributed by atoms with E-state index in [-0.39, 0.29) is 5.57 Å². The molecule has 0 aliphatic carbocycles. The first-order valence-corrected chi connectivity index (χ1v) is 8.81. The largest absolute Gasteiger partial charge is 0.493 e. The van der Waals surface area contributed by atoms with Crippen LogP contribution in [0, 0.1) is 0 Å². The molecule has 0 aliphatic heterocycles. The zero-order valence-corrected chi connectivity index (χ0v) is 15.1. The molecule has 0 fully saturated rings. The van der Waals surface area contributed by atoms with Crippen molar-refractivity contribution in [2.45, 2.75) is 19.8 Å². The smallest absolute Gasteiger partial charge is 0.337 e. The summed E-state index contributed by atoms with van der Waals surface area (Å²) < 4.78 is 11.0. The van der Waals surface area contributed by atoms with Gasteiger partial charge in [-0.2, -0.15) is 0 Å². The minimum atomic E-state index is -0.990. The number of unbranched alkanes of at least 4 members (excludes halogenated alkanes) is 1. The van der Waals surface area contributed by atoms with Crippen LogP contribution in [0.1, 0.15) is 30.2 Å². The van der Waals surface area contributed by atoms with Crippen molar-refractivity contribution in [2.24, 2.45) is 0 Å². The third-order valence-electron chi connectivity index (χ3n) is 3.32.